The van der Waals surface area contributed by atoms with E-state index in [-0.39, 0.29) is 30.8 Å². The Morgan fingerprint density at radius 1 is 1.10 bits per heavy atom. The van der Waals surface area contributed by atoms with Crippen LogP contribution in [-0.4, -0.2) is 35.9 Å². The van der Waals surface area contributed by atoms with Crippen molar-refractivity contribution in [1.29, 1.82) is 0 Å². The molecule has 0 aromatic heterocycles. The summed E-state index contributed by atoms with van der Waals surface area (Å²) in [5, 5.41) is 2.85. The van der Waals surface area contributed by atoms with Crippen LogP contribution in [0.4, 0.5) is 4.39 Å². The van der Waals surface area contributed by atoms with Crippen molar-refractivity contribution in [1.82, 2.24) is 10.2 Å². The topological polar surface area (TPSA) is 58.6 Å². The molecule has 0 aliphatic heterocycles. The summed E-state index contributed by atoms with van der Waals surface area (Å²) in [6, 6.07) is 12.4. The molecule has 2 aromatic carbocycles. The number of benzene rings is 2. The van der Waals surface area contributed by atoms with Crippen molar-refractivity contribution >= 4 is 27.7 Å². The number of hydrogen-bond donors (Lipinski definition) is 1. The standard InChI is InChI=1S/C22H26BrFN2O3/c1-3-13-25-22(28)20(4-2)26(14-16-5-9-18(24)10-6-16)21(27)15-29-19-11-7-17(23)8-12-19/h5-12,20H,3-4,13-15H2,1-2H3,(H,25,28)/t20-/m1/s1. The van der Waals surface area contributed by atoms with Crippen LogP contribution in [0, 0.1) is 5.82 Å². The third kappa shape index (κ3) is 7.16. The highest BCUT2D eigenvalue weighted by molar-refractivity contribution is 9.10. The molecular formula is C22H26BrFN2O3. The van der Waals surface area contributed by atoms with E-state index in [0.29, 0.717) is 18.7 Å². The first-order valence-electron chi connectivity index (χ1n) is 9.64. The number of halogens is 2. The minimum atomic E-state index is -0.632. The molecule has 1 N–H and O–H groups in total. The van der Waals surface area contributed by atoms with E-state index < -0.39 is 6.04 Å². The van der Waals surface area contributed by atoms with E-state index in [1.807, 2.05) is 26.0 Å². The van der Waals surface area contributed by atoms with E-state index in [0.717, 1.165) is 16.5 Å². The zero-order valence-corrected chi connectivity index (χ0v) is 18.2. The molecule has 5 nitrogen and oxygen atoms in total. The molecule has 2 aromatic rings. The predicted molar refractivity (Wildman–Crippen MR) is 114 cm³/mol. The Labute approximate surface area is 179 Å². The van der Waals surface area contributed by atoms with Crippen LogP contribution < -0.4 is 10.1 Å². The van der Waals surface area contributed by atoms with Crippen LogP contribution in [0.25, 0.3) is 0 Å². The summed E-state index contributed by atoms with van der Waals surface area (Å²) in [5.74, 6) is -0.297. The van der Waals surface area contributed by atoms with Crippen LogP contribution >= 0.6 is 15.9 Å². The van der Waals surface area contributed by atoms with Crippen LogP contribution in [0.1, 0.15) is 32.3 Å². The molecule has 2 amide bonds. The average Bonchev–Trinajstić information content (AvgIpc) is 2.72. The van der Waals surface area contributed by atoms with Crippen LogP contribution in [0.2, 0.25) is 0 Å². The molecule has 0 saturated carbocycles. The molecule has 2 rings (SSSR count). The first kappa shape index (κ1) is 22.9. The SMILES string of the molecule is CCCNC(=O)[C@@H](CC)N(Cc1ccc(F)cc1)C(=O)COc1ccc(Br)cc1. The van der Waals surface area contributed by atoms with Gasteiger partial charge in [-0.1, -0.05) is 41.9 Å². The number of carbonyl (C=O) groups excluding carboxylic acids is 2. The Kier molecular flexibility index (Phi) is 9.12. The van der Waals surface area contributed by atoms with Gasteiger partial charge in [0, 0.05) is 17.6 Å². The lowest BCUT2D eigenvalue weighted by molar-refractivity contribution is -0.143. The quantitative estimate of drug-likeness (QED) is 0.570. The maximum Gasteiger partial charge on any atom is 0.261 e. The number of amides is 2. The van der Waals surface area contributed by atoms with Crippen molar-refractivity contribution in [3.05, 3.63) is 64.4 Å². The van der Waals surface area contributed by atoms with Gasteiger partial charge in [-0.15, -0.1) is 0 Å². The number of nitrogens with one attached hydrogen (secondary N) is 1. The average molecular weight is 465 g/mol. The van der Waals surface area contributed by atoms with Crippen molar-refractivity contribution < 1.29 is 18.7 Å². The second kappa shape index (κ2) is 11.6. The minimum Gasteiger partial charge on any atom is -0.484 e. The third-order valence-electron chi connectivity index (χ3n) is 4.38. The number of rotatable bonds is 10. The minimum absolute atomic E-state index is 0.194. The summed E-state index contributed by atoms with van der Waals surface area (Å²) in [5.41, 5.74) is 0.741. The summed E-state index contributed by atoms with van der Waals surface area (Å²) < 4.78 is 19.8. The highest BCUT2D eigenvalue weighted by Gasteiger charge is 2.28. The summed E-state index contributed by atoms with van der Waals surface area (Å²) in [7, 11) is 0. The molecule has 0 spiro atoms. The van der Waals surface area contributed by atoms with Crippen molar-refractivity contribution in [2.75, 3.05) is 13.2 Å². The smallest absolute Gasteiger partial charge is 0.261 e. The lowest BCUT2D eigenvalue weighted by Crippen LogP contribution is -2.50. The van der Waals surface area contributed by atoms with Crippen molar-refractivity contribution in [3.8, 4) is 5.75 Å². The van der Waals surface area contributed by atoms with Gasteiger partial charge in [-0.3, -0.25) is 9.59 Å². The van der Waals surface area contributed by atoms with E-state index in [4.69, 9.17) is 4.74 Å². The van der Waals surface area contributed by atoms with E-state index in [9.17, 15) is 14.0 Å². The molecular weight excluding hydrogens is 439 g/mol. The molecule has 1 atom stereocenters. The van der Waals surface area contributed by atoms with Gasteiger partial charge in [0.05, 0.1) is 0 Å². The van der Waals surface area contributed by atoms with Gasteiger partial charge < -0.3 is 15.0 Å². The second-order valence-electron chi connectivity index (χ2n) is 6.61. The summed E-state index contributed by atoms with van der Waals surface area (Å²) in [6.45, 7) is 4.37. The first-order valence-corrected chi connectivity index (χ1v) is 10.4. The predicted octanol–water partition coefficient (Wildman–Crippen LogP) is 4.30. The van der Waals surface area contributed by atoms with Crippen LogP contribution in [-0.2, 0) is 16.1 Å². The number of hydrogen-bond acceptors (Lipinski definition) is 3. The zero-order chi connectivity index (χ0) is 21.2. The van der Waals surface area contributed by atoms with Gasteiger partial charge >= 0.3 is 0 Å². The van der Waals surface area contributed by atoms with Crippen LogP contribution in [0.5, 0.6) is 5.75 Å². The van der Waals surface area contributed by atoms with Gasteiger partial charge in [0.15, 0.2) is 6.61 Å². The van der Waals surface area contributed by atoms with E-state index in [2.05, 4.69) is 21.2 Å². The molecule has 0 fully saturated rings. The fourth-order valence-corrected chi connectivity index (χ4v) is 3.10. The van der Waals surface area contributed by atoms with Gasteiger partial charge in [0.1, 0.15) is 17.6 Å². The van der Waals surface area contributed by atoms with Gasteiger partial charge in [0.2, 0.25) is 5.91 Å². The Balaban J connectivity index is 2.16. The summed E-state index contributed by atoms with van der Waals surface area (Å²) >= 11 is 3.35. The molecule has 0 saturated heterocycles. The molecule has 0 heterocycles. The van der Waals surface area contributed by atoms with Crippen LogP contribution in [0.3, 0.4) is 0 Å². The van der Waals surface area contributed by atoms with Crippen LogP contribution in [0.15, 0.2) is 53.0 Å². The van der Waals surface area contributed by atoms with E-state index in [1.165, 1.54) is 17.0 Å². The van der Waals surface area contributed by atoms with Crippen molar-refractivity contribution in [2.45, 2.75) is 39.3 Å². The van der Waals surface area contributed by atoms with E-state index in [1.54, 1.807) is 24.3 Å². The van der Waals surface area contributed by atoms with Crippen molar-refractivity contribution in [3.63, 3.8) is 0 Å². The molecule has 0 unspecified atom stereocenters. The lowest BCUT2D eigenvalue weighted by Gasteiger charge is -2.30. The van der Waals surface area contributed by atoms with Gasteiger partial charge in [0.25, 0.3) is 5.91 Å². The third-order valence-corrected chi connectivity index (χ3v) is 4.91. The molecule has 7 heteroatoms. The molecule has 156 valence electrons. The number of carbonyl (C=O) groups is 2. The Morgan fingerprint density at radius 2 is 1.76 bits per heavy atom. The van der Waals surface area contributed by atoms with Crippen molar-refractivity contribution in [2.24, 2.45) is 0 Å². The van der Waals surface area contributed by atoms with Gasteiger partial charge in [-0.2, -0.15) is 0 Å². The molecule has 0 aliphatic rings. The zero-order valence-electron chi connectivity index (χ0n) is 16.7. The first-order chi connectivity index (χ1) is 13.9. The molecule has 29 heavy (non-hydrogen) atoms. The van der Waals surface area contributed by atoms with Gasteiger partial charge in [-0.25, -0.2) is 4.39 Å². The Morgan fingerprint density at radius 3 is 2.34 bits per heavy atom. The summed E-state index contributed by atoms with van der Waals surface area (Å²) in [4.78, 5) is 27.1. The lowest BCUT2D eigenvalue weighted by atomic mass is 10.1. The Hall–Kier alpha value is -2.41. The normalized spacial score (nSPS) is 11.6. The molecule has 0 bridgehead atoms. The maximum absolute atomic E-state index is 13.2. The number of ether oxygens (including phenoxy) is 1. The molecule has 0 radical (unpaired) electrons. The highest BCUT2D eigenvalue weighted by atomic mass is 79.9. The fraction of sp³-hybridized carbons (Fsp3) is 0.364. The second-order valence-corrected chi connectivity index (χ2v) is 7.52. The monoisotopic (exact) mass is 464 g/mol. The maximum atomic E-state index is 13.2. The van der Waals surface area contributed by atoms with E-state index >= 15 is 0 Å². The number of nitrogens with zero attached hydrogens (tertiary/aromatic N) is 1. The highest BCUT2D eigenvalue weighted by Crippen LogP contribution is 2.17. The largest absolute Gasteiger partial charge is 0.484 e. The summed E-state index contributed by atoms with van der Waals surface area (Å²) in [6.07, 6.45) is 1.27. The van der Waals surface area contributed by atoms with Gasteiger partial charge in [-0.05, 0) is 54.8 Å². The molecule has 0 aliphatic carbocycles. The fourth-order valence-electron chi connectivity index (χ4n) is 2.83. The Bertz CT molecular complexity index is 797.